The van der Waals surface area contributed by atoms with Gasteiger partial charge in [0.05, 0.1) is 6.26 Å². The van der Waals surface area contributed by atoms with E-state index in [1.54, 1.807) is 6.26 Å². The Morgan fingerprint density at radius 2 is 1.75 bits per heavy atom. The van der Waals surface area contributed by atoms with E-state index < -0.39 is 0 Å². The van der Waals surface area contributed by atoms with E-state index >= 15 is 0 Å². The van der Waals surface area contributed by atoms with Gasteiger partial charge in [-0.05, 0) is 61.0 Å². The van der Waals surface area contributed by atoms with Crippen LogP contribution in [-0.4, -0.2) is 5.11 Å². The maximum Gasteiger partial charge on any atom is 0.171 e. The molecule has 0 radical (unpaired) electrons. The van der Waals surface area contributed by atoms with Gasteiger partial charge in [-0.3, -0.25) is 0 Å². The smallest absolute Gasteiger partial charge is 0.171 e. The second-order valence-corrected chi connectivity index (χ2v) is 6.11. The van der Waals surface area contributed by atoms with Crippen LogP contribution < -0.4 is 10.6 Å². The zero-order valence-corrected chi connectivity index (χ0v) is 14.6. The van der Waals surface area contributed by atoms with E-state index in [0.717, 1.165) is 17.0 Å². The highest BCUT2D eigenvalue weighted by molar-refractivity contribution is 7.80. The number of hydrogen-bond donors (Lipinski definition) is 2. The van der Waals surface area contributed by atoms with Crippen molar-refractivity contribution in [3.8, 4) is 0 Å². The molecule has 3 nitrogen and oxygen atoms in total. The molecule has 0 unspecified atom stereocenters. The predicted molar refractivity (Wildman–Crippen MR) is 102 cm³/mol. The second kappa shape index (κ2) is 7.32. The summed E-state index contributed by atoms with van der Waals surface area (Å²) in [5, 5.41) is 7.21. The third-order valence-electron chi connectivity index (χ3n) is 4.09. The lowest BCUT2D eigenvalue weighted by Crippen LogP contribution is -2.33. The van der Waals surface area contributed by atoms with Gasteiger partial charge in [0, 0.05) is 5.69 Å². The number of nitrogens with one attached hydrogen (secondary N) is 2. The van der Waals surface area contributed by atoms with Gasteiger partial charge >= 0.3 is 0 Å². The van der Waals surface area contributed by atoms with Gasteiger partial charge < -0.3 is 15.1 Å². The summed E-state index contributed by atoms with van der Waals surface area (Å²) in [5.74, 6) is 0.825. The molecule has 0 amide bonds. The van der Waals surface area contributed by atoms with Crippen molar-refractivity contribution in [3.05, 3.63) is 89.4 Å². The normalized spacial score (nSPS) is 11.8. The lowest BCUT2D eigenvalue weighted by atomic mass is 10.0. The van der Waals surface area contributed by atoms with Gasteiger partial charge in [-0.2, -0.15) is 0 Å². The highest BCUT2D eigenvalue weighted by Crippen LogP contribution is 2.23. The topological polar surface area (TPSA) is 37.2 Å². The maximum absolute atomic E-state index is 5.59. The second-order valence-electron chi connectivity index (χ2n) is 5.71. The highest BCUT2D eigenvalue weighted by Gasteiger charge is 2.18. The van der Waals surface area contributed by atoms with E-state index in [9.17, 15) is 0 Å². The molecular formula is C20H20N2OS. The SMILES string of the molecule is Cc1cccc(NC(=S)N[C@@H](c2ccccc2)c2ccco2)c1C. The van der Waals surface area contributed by atoms with Crippen molar-refractivity contribution in [2.75, 3.05) is 5.32 Å². The maximum atomic E-state index is 5.59. The first kappa shape index (κ1) is 16.3. The number of furan rings is 1. The molecule has 4 heteroatoms. The molecule has 3 rings (SSSR count). The van der Waals surface area contributed by atoms with Crippen LogP contribution in [0.1, 0.15) is 28.5 Å². The first-order valence-electron chi connectivity index (χ1n) is 7.87. The molecular weight excluding hydrogens is 316 g/mol. The van der Waals surface area contributed by atoms with Crippen LogP contribution in [0.4, 0.5) is 5.69 Å². The summed E-state index contributed by atoms with van der Waals surface area (Å²) >= 11 is 5.53. The summed E-state index contributed by atoms with van der Waals surface area (Å²) in [7, 11) is 0. The van der Waals surface area contributed by atoms with Crippen molar-refractivity contribution in [2.24, 2.45) is 0 Å². The Hall–Kier alpha value is -2.59. The lowest BCUT2D eigenvalue weighted by molar-refractivity contribution is 0.476. The van der Waals surface area contributed by atoms with Crippen LogP contribution in [0.25, 0.3) is 0 Å². The van der Waals surface area contributed by atoms with Crippen molar-refractivity contribution < 1.29 is 4.42 Å². The quantitative estimate of drug-likeness (QED) is 0.660. The summed E-state index contributed by atoms with van der Waals surface area (Å²) in [5.41, 5.74) is 4.53. The summed E-state index contributed by atoms with van der Waals surface area (Å²) in [6, 6.07) is 20.0. The molecule has 1 aromatic heterocycles. The lowest BCUT2D eigenvalue weighted by Gasteiger charge is -2.20. The minimum Gasteiger partial charge on any atom is -0.467 e. The fourth-order valence-electron chi connectivity index (χ4n) is 2.60. The molecule has 0 bridgehead atoms. The standard InChI is InChI=1S/C20H20N2OS/c1-14-8-6-11-17(15(14)2)21-20(24)22-19(18-12-7-13-23-18)16-9-4-3-5-10-16/h3-13,19H,1-2H3,(H2,21,22,24)/t19-/m0/s1. The molecule has 122 valence electrons. The minimum atomic E-state index is -0.133. The van der Waals surface area contributed by atoms with Crippen LogP contribution in [0.3, 0.4) is 0 Å². The van der Waals surface area contributed by atoms with E-state index in [1.807, 2.05) is 42.5 Å². The zero-order valence-electron chi connectivity index (χ0n) is 13.7. The number of thiocarbonyl (C=S) groups is 1. The van der Waals surface area contributed by atoms with Gasteiger partial charge in [-0.15, -0.1) is 0 Å². The Morgan fingerprint density at radius 3 is 2.46 bits per heavy atom. The molecule has 1 heterocycles. The molecule has 3 aromatic rings. The molecule has 0 fully saturated rings. The third kappa shape index (κ3) is 3.66. The fraction of sp³-hybridized carbons (Fsp3) is 0.150. The van der Waals surface area contributed by atoms with Crippen molar-refractivity contribution in [2.45, 2.75) is 19.9 Å². The van der Waals surface area contributed by atoms with Gasteiger partial charge in [-0.1, -0.05) is 42.5 Å². The molecule has 1 atom stereocenters. The molecule has 0 saturated heterocycles. The largest absolute Gasteiger partial charge is 0.467 e. The van der Waals surface area contributed by atoms with Crippen molar-refractivity contribution in [1.29, 1.82) is 0 Å². The van der Waals surface area contributed by atoms with E-state index in [2.05, 4.69) is 42.7 Å². The molecule has 2 aromatic carbocycles. The molecule has 24 heavy (non-hydrogen) atoms. The number of benzene rings is 2. The van der Waals surface area contributed by atoms with E-state index in [4.69, 9.17) is 16.6 Å². The van der Waals surface area contributed by atoms with Gasteiger partial charge in [0.25, 0.3) is 0 Å². The summed E-state index contributed by atoms with van der Waals surface area (Å²) < 4.78 is 5.59. The molecule has 2 N–H and O–H groups in total. The van der Waals surface area contributed by atoms with Gasteiger partial charge in [0.1, 0.15) is 11.8 Å². The van der Waals surface area contributed by atoms with Crippen molar-refractivity contribution in [1.82, 2.24) is 5.32 Å². The van der Waals surface area contributed by atoms with Gasteiger partial charge in [0.15, 0.2) is 5.11 Å². The van der Waals surface area contributed by atoms with Crippen LogP contribution in [-0.2, 0) is 0 Å². The third-order valence-corrected chi connectivity index (χ3v) is 4.31. The van der Waals surface area contributed by atoms with Crippen LogP contribution >= 0.6 is 12.2 Å². The molecule has 0 saturated carbocycles. The van der Waals surface area contributed by atoms with Crippen LogP contribution in [0.5, 0.6) is 0 Å². The Morgan fingerprint density at radius 1 is 0.958 bits per heavy atom. The Labute approximate surface area is 147 Å². The molecule has 0 aliphatic heterocycles. The summed E-state index contributed by atoms with van der Waals surface area (Å²) in [6.07, 6.45) is 1.67. The van der Waals surface area contributed by atoms with Crippen LogP contribution in [0.15, 0.2) is 71.3 Å². The van der Waals surface area contributed by atoms with Gasteiger partial charge in [-0.25, -0.2) is 0 Å². The summed E-state index contributed by atoms with van der Waals surface area (Å²) in [6.45, 7) is 4.17. The number of anilines is 1. The van der Waals surface area contributed by atoms with Crippen molar-refractivity contribution in [3.63, 3.8) is 0 Å². The molecule has 0 aliphatic rings. The van der Waals surface area contributed by atoms with Crippen LogP contribution in [0.2, 0.25) is 0 Å². The average Bonchev–Trinajstić information content (AvgIpc) is 3.12. The predicted octanol–water partition coefficient (Wildman–Crippen LogP) is 4.97. The Bertz CT molecular complexity index is 813. The molecule has 0 spiro atoms. The highest BCUT2D eigenvalue weighted by atomic mass is 32.1. The summed E-state index contributed by atoms with van der Waals surface area (Å²) in [4.78, 5) is 0. The Kier molecular flexibility index (Phi) is 4.96. The number of aryl methyl sites for hydroxylation is 1. The van der Waals surface area contributed by atoms with E-state index in [-0.39, 0.29) is 6.04 Å². The van der Waals surface area contributed by atoms with E-state index in [1.165, 1.54) is 11.1 Å². The fourth-order valence-corrected chi connectivity index (χ4v) is 2.82. The number of rotatable bonds is 4. The zero-order chi connectivity index (χ0) is 16.9. The first-order valence-corrected chi connectivity index (χ1v) is 8.28. The van der Waals surface area contributed by atoms with Crippen molar-refractivity contribution >= 4 is 23.0 Å². The average molecular weight is 336 g/mol. The Balaban J connectivity index is 1.80. The molecule has 0 aliphatic carbocycles. The number of hydrogen-bond acceptors (Lipinski definition) is 2. The monoisotopic (exact) mass is 336 g/mol. The van der Waals surface area contributed by atoms with Crippen LogP contribution in [0, 0.1) is 13.8 Å². The first-order chi connectivity index (χ1) is 11.6. The van der Waals surface area contributed by atoms with Gasteiger partial charge in [0.2, 0.25) is 0 Å². The minimum absolute atomic E-state index is 0.133. The van der Waals surface area contributed by atoms with E-state index in [0.29, 0.717) is 5.11 Å².